The lowest BCUT2D eigenvalue weighted by molar-refractivity contribution is -0.133. The molecule has 3 heterocycles. The molecule has 1 saturated heterocycles. The van der Waals surface area contributed by atoms with Crippen LogP contribution in [0.5, 0.6) is 0 Å². The Kier molecular flexibility index (Phi) is 5.50. The van der Waals surface area contributed by atoms with Crippen molar-refractivity contribution >= 4 is 5.91 Å². The van der Waals surface area contributed by atoms with E-state index in [2.05, 4.69) is 39.8 Å². The van der Waals surface area contributed by atoms with Gasteiger partial charge in [-0.3, -0.25) is 9.48 Å². The third-order valence-corrected chi connectivity index (χ3v) is 4.68. The summed E-state index contributed by atoms with van der Waals surface area (Å²) >= 11 is 0. The Hall–Kier alpha value is -2.18. The van der Waals surface area contributed by atoms with Gasteiger partial charge in [0.2, 0.25) is 11.8 Å². The summed E-state index contributed by atoms with van der Waals surface area (Å²) in [6.45, 7) is 7.71. The summed E-state index contributed by atoms with van der Waals surface area (Å²) in [5, 5.41) is 8.52. The van der Waals surface area contributed by atoms with E-state index in [1.165, 1.54) is 0 Å². The molecule has 3 rings (SSSR count). The first-order valence-electron chi connectivity index (χ1n) is 9.18. The van der Waals surface area contributed by atoms with Crippen molar-refractivity contribution in [3.63, 3.8) is 0 Å². The second-order valence-corrected chi connectivity index (χ2v) is 6.86. The van der Waals surface area contributed by atoms with Gasteiger partial charge in [-0.05, 0) is 39.2 Å². The van der Waals surface area contributed by atoms with Crippen LogP contribution in [0.25, 0.3) is 0 Å². The predicted octanol–water partition coefficient (Wildman–Crippen LogP) is 2.63. The quantitative estimate of drug-likeness (QED) is 0.804. The van der Waals surface area contributed by atoms with Crippen LogP contribution in [0.2, 0.25) is 0 Å². The summed E-state index contributed by atoms with van der Waals surface area (Å²) < 4.78 is 7.29. The monoisotopic (exact) mass is 345 g/mol. The van der Waals surface area contributed by atoms with E-state index in [1.54, 1.807) is 0 Å². The highest BCUT2D eigenvalue weighted by atomic mass is 16.5. The number of likely N-dealkylation sites (tertiary alicyclic amines) is 1. The van der Waals surface area contributed by atoms with Crippen molar-refractivity contribution in [2.45, 2.75) is 65.3 Å². The molecule has 2 aromatic heterocycles. The van der Waals surface area contributed by atoms with Crippen molar-refractivity contribution in [1.29, 1.82) is 0 Å². The highest BCUT2D eigenvalue weighted by Gasteiger charge is 2.26. The van der Waals surface area contributed by atoms with E-state index in [9.17, 15) is 4.79 Å². The molecule has 1 aliphatic rings. The topological polar surface area (TPSA) is 77.0 Å². The van der Waals surface area contributed by atoms with Crippen LogP contribution in [0, 0.1) is 13.8 Å². The highest BCUT2D eigenvalue weighted by molar-refractivity contribution is 5.76. The number of piperidine rings is 1. The minimum absolute atomic E-state index is 0.154. The summed E-state index contributed by atoms with van der Waals surface area (Å²) in [6.07, 6.45) is 4.80. The van der Waals surface area contributed by atoms with Crippen LogP contribution in [-0.2, 0) is 17.6 Å². The standard InChI is InChI=1S/C18H27N5O2/c1-4-6-16-19-17(25-21-16)8-9-18(24)22-10-5-7-15(12-22)23-14(3)11-13(2)20-23/h11,15H,4-10,12H2,1-3H3. The van der Waals surface area contributed by atoms with Gasteiger partial charge in [0.05, 0.1) is 11.7 Å². The lowest BCUT2D eigenvalue weighted by Gasteiger charge is -2.33. The van der Waals surface area contributed by atoms with E-state index in [0.717, 1.165) is 56.0 Å². The smallest absolute Gasteiger partial charge is 0.227 e. The number of aryl methyl sites for hydroxylation is 4. The fraction of sp³-hybridized carbons (Fsp3) is 0.667. The highest BCUT2D eigenvalue weighted by Crippen LogP contribution is 2.23. The minimum Gasteiger partial charge on any atom is -0.341 e. The number of amides is 1. The van der Waals surface area contributed by atoms with Gasteiger partial charge in [0.25, 0.3) is 0 Å². The van der Waals surface area contributed by atoms with Crippen LogP contribution in [0.3, 0.4) is 0 Å². The Bertz CT molecular complexity index is 721. The van der Waals surface area contributed by atoms with Crippen molar-refractivity contribution in [2.24, 2.45) is 0 Å². The Morgan fingerprint density at radius 1 is 1.36 bits per heavy atom. The van der Waals surface area contributed by atoms with E-state index in [4.69, 9.17) is 4.52 Å². The van der Waals surface area contributed by atoms with Gasteiger partial charge in [0.15, 0.2) is 5.82 Å². The average Bonchev–Trinajstić information content (AvgIpc) is 3.19. The van der Waals surface area contributed by atoms with Crippen LogP contribution in [0.1, 0.15) is 61.8 Å². The van der Waals surface area contributed by atoms with Crippen LogP contribution in [-0.4, -0.2) is 43.8 Å². The number of nitrogens with zero attached hydrogens (tertiary/aromatic N) is 5. The molecule has 1 fully saturated rings. The normalized spacial score (nSPS) is 17.9. The molecule has 0 aromatic carbocycles. The van der Waals surface area contributed by atoms with Crippen LogP contribution in [0.15, 0.2) is 10.6 Å². The van der Waals surface area contributed by atoms with E-state index in [0.29, 0.717) is 18.7 Å². The van der Waals surface area contributed by atoms with E-state index in [-0.39, 0.29) is 11.9 Å². The molecule has 136 valence electrons. The zero-order valence-corrected chi connectivity index (χ0v) is 15.4. The summed E-state index contributed by atoms with van der Waals surface area (Å²) in [5.41, 5.74) is 2.19. The van der Waals surface area contributed by atoms with Gasteiger partial charge in [-0.25, -0.2) is 0 Å². The van der Waals surface area contributed by atoms with Crippen molar-refractivity contribution in [3.8, 4) is 0 Å². The molecule has 0 bridgehead atoms. The molecule has 0 aliphatic carbocycles. The molecule has 0 saturated carbocycles. The lowest BCUT2D eigenvalue weighted by Crippen LogP contribution is -2.41. The Morgan fingerprint density at radius 3 is 2.92 bits per heavy atom. The number of carbonyl (C=O) groups excluding carboxylic acids is 1. The van der Waals surface area contributed by atoms with E-state index in [1.807, 2.05) is 11.8 Å². The molecule has 0 N–H and O–H groups in total. The molecule has 1 unspecified atom stereocenters. The van der Waals surface area contributed by atoms with E-state index < -0.39 is 0 Å². The first-order valence-corrected chi connectivity index (χ1v) is 9.18. The van der Waals surface area contributed by atoms with E-state index >= 15 is 0 Å². The number of carbonyl (C=O) groups is 1. The van der Waals surface area contributed by atoms with Crippen LogP contribution >= 0.6 is 0 Å². The van der Waals surface area contributed by atoms with Crippen molar-refractivity contribution < 1.29 is 9.32 Å². The Balaban J connectivity index is 1.55. The first-order chi connectivity index (χ1) is 12.1. The van der Waals surface area contributed by atoms with Gasteiger partial charge in [-0.1, -0.05) is 12.1 Å². The molecule has 1 amide bonds. The fourth-order valence-electron chi connectivity index (χ4n) is 3.49. The third-order valence-electron chi connectivity index (χ3n) is 4.68. The summed E-state index contributed by atoms with van der Waals surface area (Å²) in [5.74, 6) is 1.44. The molecule has 2 aromatic rings. The molecule has 7 nitrogen and oxygen atoms in total. The average molecular weight is 345 g/mol. The third kappa shape index (κ3) is 4.27. The fourth-order valence-corrected chi connectivity index (χ4v) is 3.49. The molecule has 1 aliphatic heterocycles. The largest absolute Gasteiger partial charge is 0.341 e. The zero-order chi connectivity index (χ0) is 17.8. The lowest BCUT2D eigenvalue weighted by atomic mass is 10.0. The van der Waals surface area contributed by atoms with Crippen molar-refractivity contribution in [3.05, 3.63) is 29.2 Å². The molecule has 7 heteroatoms. The summed E-state index contributed by atoms with van der Waals surface area (Å²) in [4.78, 5) is 18.9. The molecular weight excluding hydrogens is 318 g/mol. The van der Waals surface area contributed by atoms with Crippen molar-refractivity contribution in [1.82, 2.24) is 24.8 Å². The number of aromatic nitrogens is 4. The second kappa shape index (κ2) is 7.80. The minimum atomic E-state index is 0.154. The van der Waals surface area contributed by atoms with Gasteiger partial charge in [0, 0.05) is 38.0 Å². The van der Waals surface area contributed by atoms with Crippen LogP contribution < -0.4 is 0 Å². The molecule has 0 spiro atoms. The van der Waals surface area contributed by atoms with Crippen LogP contribution in [0.4, 0.5) is 0 Å². The predicted molar refractivity (Wildman–Crippen MR) is 93.2 cm³/mol. The first kappa shape index (κ1) is 17.6. The molecule has 1 atom stereocenters. The SMILES string of the molecule is CCCc1noc(CCC(=O)N2CCCC(n3nc(C)cc3C)C2)n1. The maximum Gasteiger partial charge on any atom is 0.227 e. The number of hydrogen-bond acceptors (Lipinski definition) is 5. The molecule has 0 radical (unpaired) electrons. The zero-order valence-electron chi connectivity index (χ0n) is 15.4. The van der Waals surface area contributed by atoms with Gasteiger partial charge in [0.1, 0.15) is 0 Å². The van der Waals surface area contributed by atoms with Crippen molar-refractivity contribution in [2.75, 3.05) is 13.1 Å². The Morgan fingerprint density at radius 2 is 2.20 bits per heavy atom. The maximum absolute atomic E-state index is 12.6. The molecular formula is C18H27N5O2. The Labute approximate surface area is 148 Å². The summed E-state index contributed by atoms with van der Waals surface area (Å²) in [6, 6.07) is 2.36. The second-order valence-electron chi connectivity index (χ2n) is 6.86. The maximum atomic E-state index is 12.6. The van der Waals surface area contributed by atoms with Gasteiger partial charge in [-0.15, -0.1) is 0 Å². The number of hydrogen-bond donors (Lipinski definition) is 0. The van der Waals surface area contributed by atoms with Gasteiger partial charge < -0.3 is 9.42 Å². The summed E-state index contributed by atoms with van der Waals surface area (Å²) in [7, 11) is 0. The van der Waals surface area contributed by atoms with Gasteiger partial charge >= 0.3 is 0 Å². The number of rotatable bonds is 6. The van der Waals surface area contributed by atoms with Gasteiger partial charge in [-0.2, -0.15) is 10.1 Å². The molecule has 25 heavy (non-hydrogen) atoms.